The highest BCUT2D eigenvalue weighted by Gasteiger charge is 2.18. The Balaban J connectivity index is 1.26. The molecule has 144 valence electrons. The van der Waals surface area contributed by atoms with Gasteiger partial charge in [-0.2, -0.15) is 0 Å². The lowest BCUT2D eigenvalue weighted by molar-refractivity contribution is 0.00464. The van der Waals surface area contributed by atoms with Crippen LogP contribution in [-0.2, 0) is 24.4 Å². The largest absolute Gasteiger partial charge is 0.491 e. The number of hydrogen-bond donors (Lipinski definition) is 1. The van der Waals surface area contributed by atoms with Crippen LogP contribution in [0.15, 0.2) is 48.5 Å². The molecular formula is C22H28N2O3. The van der Waals surface area contributed by atoms with Crippen LogP contribution < -0.4 is 4.74 Å². The minimum Gasteiger partial charge on any atom is -0.491 e. The SMILES string of the molecule is O[C@H](COc1cccc(CN2Cc3ccccc3C2)c1)CN1CCOCC1. The third-order valence-electron chi connectivity index (χ3n) is 5.23. The minimum absolute atomic E-state index is 0.315. The summed E-state index contributed by atoms with van der Waals surface area (Å²) < 4.78 is 11.2. The average Bonchev–Trinajstić information content (AvgIpc) is 3.10. The maximum Gasteiger partial charge on any atom is 0.119 e. The molecule has 0 amide bonds. The van der Waals surface area contributed by atoms with E-state index < -0.39 is 6.10 Å². The standard InChI is InChI=1S/C22H28N2O3/c25-21(16-23-8-10-26-11-9-23)17-27-22-7-3-4-18(12-22)13-24-14-19-5-1-2-6-20(19)15-24/h1-7,12,21,25H,8-11,13-17H2/t21-/m0/s1. The first-order valence-electron chi connectivity index (χ1n) is 9.75. The molecule has 1 N–H and O–H groups in total. The topological polar surface area (TPSA) is 45.2 Å². The molecule has 0 bridgehead atoms. The Morgan fingerprint density at radius 1 is 0.963 bits per heavy atom. The molecule has 1 saturated heterocycles. The number of fused-ring (bicyclic) bond motifs is 1. The Hall–Kier alpha value is -1.92. The van der Waals surface area contributed by atoms with Gasteiger partial charge in [-0.1, -0.05) is 36.4 Å². The molecule has 0 aliphatic carbocycles. The summed E-state index contributed by atoms with van der Waals surface area (Å²) in [6.45, 7) is 7.10. The Morgan fingerprint density at radius 3 is 2.44 bits per heavy atom. The van der Waals surface area contributed by atoms with Crippen molar-refractivity contribution in [2.75, 3.05) is 39.5 Å². The average molecular weight is 368 g/mol. The summed E-state index contributed by atoms with van der Waals surface area (Å²) in [5.74, 6) is 0.824. The van der Waals surface area contributed by atoms with E-state index in [2.05, 4.69) is 46.2 Å². The van der Waals surface area contributed by atoms with E-state index in [1.807, 2.05) is 12.1 Å². The lowest BCUT2D eigenvalue weighted by Crippen LogP contribution is -2.42. The van der Waals surface area contributed by atoms with Crippen LogP contribution >= 0.6 is 0 Å². The van der Waals surface area contributed by atoms with Crippen LogP contribution in [0, 0.1) is 0 Å². The summed E-state index contributed by atoms with van der Waals surface area (Å²) in [4.78, 5) is 4.66. The van der Waals surface area contributed by atoms with Crippen molar-refractivity contribution < 1.29 is 14.6 Å². The first kappa shape index (κ1) is 18.4. The molecule has 0 saturated carbocycles. The van der Waals surface area contributed by atoms with E-state index in [9.17, 15) is 5.11 Å². The number of ether oxygens (including phenoxy) is 2. The summed E-state index contributed by atoms with van der Waals surface area (Å²) in [6.07, 6.45) is -0.486. The number of morpholine rings is 1. The molecule has 1 fully saturated rings. The van der Waals surface area contributed by atoms with E-state index in [-0.39, 0.29) is 0 Å². The summed E-state index contributed by atoms with van der Waals surface area (Å²) >= 11 is 0. The predicted octanol–water partition coefficient (Wildman–Crippen LogP) is 2.27. The van der Waals surface area contributed by atoms with Crippen molar-refractivity contribution in [3.8, 4) is 5.75 Å². The molecule has 5 heteroatoms. The summed E-state index contributed by atoms with van der Waals surface area (Å²) in [7, 11) is 0. The van der Waals surface area contributed by atoms with Gasteiger partial charge in [-0.15, -0.1) is 0 Å². The molecule has 2 aromatic carbocycles. The number of hydrogen-bond acceptors (Lipinski definition) is 5. The first-order valence-corrected chi connectivity index (χ1v) is 9.75. The molecule has 2 aliphatic heterocycles. The highest BCUT2D eigenvalue weighted by molar-refractivity contribution is 5.32. The van der Waals surface area contributed by atoms with Gasteiger partial charge in [0.2, 0.25) is 0 Å². The van der Waals surface area contributed by atoms with Crippen molar-refractivity contribution in [1.82, 2.24) is 9.80 Å². The van der Waals surface area contributed by atoms with Crippen molar-refractivity contribution in [2.45, 2.75) is 25.7 Å². The molecule has 2 aromatic rings. The molecule has 0 unspecified atom stereocenters. The van der Waals surface area contributed by atoms with Crippen LogP contribution in [0.4, 0.5) is 0 Å². The van der Waals surface area contributed by atoms with Gasteiger partial charge in [0.25, 0.3) is 0 Å². The zero-order valence-corrected chi connectivity index (χ0v) is 15.7. The zero-order valence-electron chi connectivity index (χ0n) is 15.7. The fourth-order valence-electron chi connectivity index (χ4n) is 3.83. The van der Waals surface area contributed by atoms with Crippen LogP contribution in [0.25, 0.3) is 0 Å². The molecule has 2 aliphatic rings. The maximum absolute atomic E-state index is 10.2. The van der Waals surface area contributed by atoms with E-state index in [0.717, 1.165) is 51.7 Å². The van der Waals surface area contributed by atoms with Crippen LogP contribution in [0.3, 0.4) is 0 Å². The second-order valence-electron chi connectivity index (χ2n) is 7.44. The molecule has 0 spiro atoms. The van der Waals surface area contributed by atoms with E-state index >= 15 is 0 Å². The van der Waals surface area contributed by atoms with Gasteiger partial charge < -0.3 is 14.6 Å². The minimum atomic E-state index is -0.486. The second kappa shape index (κ2) is 8.85. The number of β-amino-alcohol motifs (C(OH)–C–C–N with tert-alkyl or cyclic N) is 1. The quantitative estimate of drug-likeness (QED) is 0.812. The molecule has 0 radical (unpaired) electrons. The molecule has 5 nitrogen and oxygen atoms in total. The Bertz CT molecular complexity index is 721. The molecule has 1 atom stereocenters. The van der Waals surface area contributed by atoms with Crippen molar-refractivity contribution in [3.63, 3.8) is 0 Å². The Kier molecular flexibility index (Phi) is 6.04. The van der Waals surface area contributed by atoms with Crippen LogP contribution in [0.1, 0.15) is 16.7 Å². The number of benzene rings is 2. The molecule has 4 rings (SSSR count). The number of aliphatic hydroxyl groups is 1. The van der Waals surface area contributed by atoms with Crippen LogP contribution in [0.2, 0.25) is 0 Å². The van der Waals surface area contributed by atoms with Crippen molar-refractivity contribution in [3.05, 3.63) is 65.2 Å². The van der Waals surface area contributed by atoms with Gasteiger partial charge >= 0.3 is 0 Å². The van der Waals surface area contributed by atoms with E-state index in [4.69, 9.17) is 9.47 Å². The Labute approximate surface area is 161 Å². The lowest BCUT2D eigenvalue weighted by Gasteiger charge is -2.28. The van der Waals surface area contributed by atoms with E-state index in [1.165, 1.54) is 16.7 Å². The van der Waals surface area contributed by atoms with Crippen molar-refractivity contribution in [2.24, 2.45) is 0 Å². The Morgan fingerprint density at radius 2 is 1.70 bits per heavy atom. The summed E-state index contributed by atoms with van der Waals surface area (Å²) in [5.41, 5.74) is 4.09. The maximum atomic E-state index is 10.2. The molecule has 0 aromatic heterocycles. The van der Waals surface area contributed by atoms with Gasteiger partial charge in [0.15, 0.2) is 0 Å². The zero-order chi connectivity index (χ0) is 18.5. The van der Waals surface area contributed by atoms with Gasteiger partial charge in [-0.3, -0.25) is 9.80 Å². The summed E-state index contributed by atoms with van der Waals surface area (Å²) in [5, 5.41) is 10.2. The van der Waals surface area contributed by atoms with Crippen LogP contribution in [0.5, 0.6) is 5.75 Å². The van der Waals surface area contributed by atoms with Crippen LogP contribution in [-0.4, -0.2) is 60.5 Å². The smallest absolute Gasteiger partial charge is 0.119 e. The number of rotatable bonds is 7. The summed E-state index contributed by atoms with van der Waals surface area (Å²) in [6, 6.07) is 16.9. The number of nitrogens with zero attached hydrogens (tertiary/aromatic N) is 2. The lowest BCUT2D eigenvalue weighted by atomic mass is 10.1. The monoisotopic (exact) mass is 368 g/mol. The fraction of sp³-hybridized carbons (Fsp3) is 0.455. The molecule has 27 heavy (non-hydrogen) atoms. The predicted molar refractivity (Wildman–Crippen MR) is 105 cm³/mol. The van der Waals surface area contributed by atoms with Gasteiger partial charge in [0.1, 0.15) is 18.5 Å². The van der Waals surface area contributed by atoms with Gasteiger partial charge in [0, 0.05) is 39.3 Å². The van der Waals surface area contributed by atoms with Crippen molar-refractivity contribution in [1.29, 1.82) is 0 Å². The third kappa shape index (κ3) is 5.08. The molecule has 2 heterocycles. The van der Waals surface area contributed by atoms with E-state index in [1.54, 1.807) is 0 Å². The van der Waals surface area contributed by atoms with E-state index in [0.29, 0.717) is 13.2 Å². The van der Waals surface area contributed by atoms with Gasteiger partial charge in [-0.25, -0.2) is 0 Å². The first-order chi connectivity index (χ1) is 13.3. The fourth-order valence-corrected chi connectivity index (χ4v) is 3.83. The normalized spacial score (nSPS) is 19.0. The second-order valence-corrected chi connectivity index (χ2v) is 7.44. The number of aliphatic hydroxyl groups excluding tert-OH is 1. The van der Waals surface area contributed by atoms with Crippen molar-refractivity contribution >= 4 is 0 Å². The highest BCUT2D eigenvalue weighted by atomic mass is 16.5. The molecular weight excluding hydrogens is 340 g/mol. The van der Waals surface area contributed by atoms with Gasteiger partial charge in [-0.05, 0) is 28.8 Å². The highest BCUT2D eigenvalue weighted by Crippen LogP contribution is 2.25. The third-order valence-corrected chi connectivity index (χ3v) is 5.23. The van der Waals surface area contributed by atoms with Gasteiger partial charge in [0.05, 0.1) is 13.2 Å².